The van der Waals surface area contributed by atoms with Gasteiger partial charge in [-0.1, -0.05) is 42.5 Å². The number of para-hydroxylation sites is 1. The normalized spacial score (nSPS) is 14.1. The van der Waals surface area contributed by atoms with Crippen molar-refractivity contribution in [1.82, 2.24) is 19.7 Å². The van der Waals surface area contributed by atoms with Crippen molar-refractivity contribution >= 4 is 12.1 Å². The van der Waals surface area contributed by atoms with E-state index in [0.29, 0.717) is 40.7 Å². The van der Waals surface area contributed by atoms with Crippen LogP contribution in [0.15, 0.2) is 72.9 Å². The number of carbonyl (C=O) groups excluding carboxylic acids is 2. The van der Waals surface area contributed by atoms with Crippen molar-refractivity contribution < 1.29 is 37.0 Å². The molecule has 12 heteroatoms. The first kappa shape index (κ1) is 33.5. The van der Waals surface area contributed by atoms with Gasteiger partial charge in [-0.05, 0) is 81.8 Å². The molecular formula is C35H37F3N4O5. The van der Waals surface area contributed by atoms with Gasteiger partial charge in [0, 0.05) is 18.7 Å². The van der Waals surface area contributed by atoms with Crippen LogP contribution in [-0.2, 0) is 22.3 Å². The van der Waals surface area contributed by atoms with Gasteiger partial charge in [0.25, 0.3) is 0 Å². The minimum Gasteiger partial charge on any atom is -0.488 e. The molecular weight excluding hydrogens is 613 g/mol. The number of rotatable bonds is 8. The van der Waals surface area contributed by atoms with E-state index in [1.807, 2.05) is 32.9 Å². The summed E-state index contributed by atoms with van der Waals surface area (Å²) < 4.78 is 59.3. The van der Waals surface area contributed by atoms with Crippen LogP contribution in [0.25, 0.3) is 17.1 Å². The summed E-state index contributed by atoms with van der Waals surface area (Å²) in [5, 5.41) is 3.83. The Labute approximate surface area is 271 Å². The molecule has 3 heterocycles. The third-order valence-corrected chi connectivity index (χ3v) is 7.64. The molecule has 5 rings (SSSR count). The SMILES string of the molecule is CCOC(=O)c1cnn(-c2cccc(-c3ccccc3OCc3ccc(C4CCN(C(=O)OC(C)(C)C)CC4)cc3)n2)c1C(F)(F)F. The number of halogens is 3. The highest BCUT2D eigenvalue weighted by Crippen LogP contribution is 2.35. The minimum absolute atomic E-state index is 0.0767. The first-order chi connectivity index (χ1) is 22.3. The Hall–Kier alpha value is -4.87. The third-order valence-electron chi connectivity index (χ3n) is 7.64. The molecule has 4 aromatic rings. The zero-order valence-corrected chi connectivity index (χ0v) is 26.7. The number of amides is 1. The van der Waals surface area contributed by atoms with Gasteiger partial charge in [0.05, 0.1) is 18.5 Å². The van der Waals surface area contributed by atoms with Gasteiger partial charge in [0.1, 0.15) is 23.5 Å². The molecule has 0 spiro atoms. The second-order valence-corrected chi connectivity index (χ2v) is 12.2. The average molecular weight is 651 g/mol. The molecule has 0 radical (unpaired) electrons. The van der Waals surface area contributed by atoms with Gasteiger partial charge in [-0.25, -0.2) is 19.3 Å². The van der Waals surface area contributed by atoms with E-state index in [1.165, 1.54) is 18.6 Å². The second-order valence-electron chi connectivity index (χ2n) is 12.2. The number of benzene rings is 2. The van der Waals surface area contributed by atoms with Crippen molar-refractivity contribution in [3.05, 3.63) is 95.3 Å². The molecule has 1 fully saturated rings. The number of nitrogens with zero attached hydrogens (tertiary/aromatic N) is 4. The Morgan fingerprint density at radius 3 is 2.30 bits per heavy atom. The quantitative estimate of drug-likeness (QED) is 0.180. The Kier molecular flexibility index (Phi) is 9.88. The van der Waals surface area contributed by atoms with E-state index >= 15 is 0 Å². The lowest BCUT2D eigenvalue weighted by Gasteiger charge is -2.33. The highest BCUT2D eigenvalue weighted by atomic mass is 19.4. The van der Waals surface area contributed by atoms with E-state index in [1.54, 1.807) is 41.3 Å². The lowest BCUT2D eigenvalue weighted by molar-refractivity contribution is -0.143. The van der Waals surface area contributed by atoms with Crippen LogP contribution in [0, 0.1) is 0 Å². The zero-order chi connectivity index (χ0) is 33.8. The third kappa shape index (κ3) is 8.11. The molecule has 9 nitrogen and oxygen atoms in total. The lowest BCUT2D eigenvalue weighted by Crippen LogP contribution is -2.41. The van der Waals surface area contributed by atoms with Crippen LogP contribution in [-0.4, -0.2) is 57.0 Å². The van der Waals surface area contributed by atoms with Crippen molar-refractivity contribution in [3.8, 4) is 22.8 Å². The Balaban J connectivity index is 1.28. The summed E-state index contributed by atoms with van der Waals surface area (Å²) >= 11 is 0. The standard InChI is InChI=1S/C35H37F3N4O5/c1-5-45-32(43)27-21-39-42(31(27)35(36,37)38)30-12-8-10-28(40-30)26-9-6-7-11-29(26)46-22-23-13-15-24(16-14-23)25-17-19-41(20-18-25)33(44)47-34(2,3)4/h6-16,21,25H,5,17-20,22H2,1-4H3. The van der Waals surface area contributed by atoms with E-state index in [9.17, 15) is 22.8 Å². The van der Waals surface area contributed by atoms with E-state index < -0.39 is 29.0 Å². The molecule has 2 aromatic heterocycles. The molecule has 1 aliphatic heterocycles. The fourth-order valence-electron chi connectivity index (χ4n) is 5.42. The van der Waals surface area contributed by atoms with Crippen LogP contribution in [0.2, 0.25) is 0 Å². The van der Waals surface area contributed by atoms with Gasteiger partial charge < -0.3 is 19.1 Å². The van der Waals surface area contributed by atoms with Gasteiger partial charge >= 0.3 is 18.2 Å². The Bertz CT molecular complexity index is 1710. The summed E-state index contributed by atoms with van der Waals surface area (Å²) in [6.07, 6.45) is -2.63. The summed E-state index contributed by atoms with van der Waals surface area (Å²) in [4.78, 5) is 30.8. The van der Waals surface area contributed by atoms with E-state index in [2.05, 4.69) is 22.2 Å². The number of pyridine rings is 1. The number of carbonyl (C=O) groups is 2. The number of esters is 1. The van der Waals surface area contributed by atoms with Crippen molar-refractivity contribution in [2.45, 2.75) is 64.8 Å². The van der Waals surface area contributed by atoms with Gasteiger partial charge in [0.15, 0.2) is 11.5 Å². The summed E-state index contributed by atoms with van der Waals surface area (Å²) in [6.45, 7) is 8.55. The predicted octanol–water partition coefficient (Wildman–Crippen LogP) is 7.82. The van der Waals surface area contributed by atoms with Crippen LogP contribution < -0.4 is 4.74 Å². The molecule has 1 aliphatic rings. The zero-order valence-electron chi connectivity index (χ0n) is 26.7. The fourth-order valence-corrected chi connectivity index (χ4v) is 5.42. The maximum absolute atomic E-state index is 14.1. The first-order valence-corrected chi connectivity index (χ1v) is 15.4. The van der Waals surface area contributed by atoms with Crippen molar-refractivity contribution in [3.63, 3.8) is 0 Å². The molecule has 0 unspecified atom stereocenters. The van der Waals surface area contributed by atoms with E-state index in [4.69, 9.17) is 14.2 Å². The van der Waals surface area contributed by atoms with E-state index in [0.717, 1.165) is 24.6 Å². The molecule has 0 bridgehead atoms. The van der Waals surface area contributed by atoms with Crippen LogP contribution in [0.3, 0.4) is 0 Å². The molecule has 0 N–H and O–H groups in total. The van der Waals surface area contributed by atoms with Crippen LogP contribution in [0.1, 0.15) is 73.6 Å². The van der Waals surface area contributed by atoms with Gasteiger partial charge in [-0.2, -0.15) is 18.3 Å². The van der Waals surface area contributed by atoms with Gasteiger partial charge in [-0.3, -0.25) is 0 Å². The summed E-state index contributed by atoms with van der Waals surface area (Å²) in [5.74, 6) is -0.395. The maximum Gasteiger partial charge on any atom is 0.434 e. The largest absolute Gasteiger partial charge is 0.488 e. The molecule has 248 valence electrons. The van der Waals surface area contributed by atoms with Gasteiger partial charge in [-0.15, -0.1) is 0 Å². The maximum atomic E-state index is 14.1. The smallest absolute Gasteiger partial charge is 0.434 e. The summed E-state index contributed by atoms with van der Waals surface area (Å²) in [5.41, 5.74) is 0.609. The average Bonchev–Trinajstić information content (AvgIpc) is 3.51. The molecule has 47 heavy (non-hydrogen) atoms. The number of hydrogen-bond donors (Lipinski definition) is 0. The molecule has 0 saturated carbocycles. The van der Waals surface area contributed by atoms with E-state index in [-0.39, 0.29) is 25.1 Å². The number of alkyl halides is 3. The minimum atomic E-state index is -4.88. The molecule has 0 atom stereocenters. The number of likely N-dealkylation sites (tertiary alicyclic amines) is 1. The van der Waals surface area contributed by atoms with Crippen LogP contribution >= 0.6 is 0 Å². The number of aromatic nitrogens is 3. The number of hydrogen-bond acceptors (Lipinski definition) is 7. The van der Waals surface area contributed by atoms with Crippen molar-refractivity contribution in [2.75, 3.05) is 19.7 Å². The number of piperidine rings is 1. The predicted molar refractivity (Wildman–Crippen MR) is 168 cm³/mol. The molecule has 2 aromatic carbocycles. The van der Waals surface area contributed by atoms with Crippen molar-refractivity contribution in [2.24, 2.45) is 0 Å². The number of ether oxygens (including phenoxy) is 3. The molecule has 1 amide bonds. The molecule has 1 saturated heterocycles. The Morgan fingerprint density at radius 2 is 1.64 bits per heavy atom. The van der Waals surface area contributed by atoms with Gasteiger partial charge in [0.2, 0.25) is 0 Å². The monoisotopic (exact) mass is 650 g/mol. The second kappa shape index (κ2) is 13.9. The fraction of sp³-hybridized carbons (Fsp3) is 0.371. The highest BCUT2D eigenvalue weighted by Gasteiger charge is 2.41. The Morgan fingerprint density at radius 1 is 0.936 bits per heavy atom. The highest BCUT2D eigenvalue weighted by molar-refractivity contribution is 5.90. The lowest BCUT2D eigenvalue weighted by atomic mass is 9.89. The van der Waals surface area contributed by atoms with Crippen molar-refractivity contribution in [1.29, 1.82) is 0 Å². The molecule has 0 aliphatic carbocycles. The first-order valence-electron chi connectivity index (χ1n) is 15.4. The summed E-state index contributed by atoms with van der Waals surface area (Å²) in [6, 6.07) is 19.9. The summed E-state index contributed by atoms with van der Waals surface area (Å²) in [7, 11) is 0. The van der Waals surface area contributed by atoms with Crippen LogP contribution in [0.5, 0.6) is 5.75 Å². The topological polar surface area (TPSA) is 95.8 Å². The van der Waals surface area contributed by atoms with Crippen LogP contribution in [0.4, 0.5) is 18.0 Å².